The first kappa shape index (κ1) is 21.2. The molecule has 0 spiro atoms. The Morgan fingerprint density at radius 3 is 2.66 bits per heavy atom. The first-order chi connectivity index (χ1) is 15.5. The number of anilines is 1. The zero-order valence-corrected chi connectivity index (χ0v) is 17.8. The van der Waals surface area contributed by atoms with E-state index in [-0.39, 0.29) is 18.1 Å². The lowest BCUT2D eigenvalue weighted by molar-refractivity contribution is -0.122. The molecule has 2 aromatic heterocycles. The van der Waals surface area contributed by atoms with Crippen molar-refractivity contribution in [3.05, 3.63) is 88.5 Å². The summed E-state index contributed by atoms with van der Waals surface area (Å²) >= 11 is 0. The van der Waals surface area contributed by atoms with E-state index in [2.05, 4.69) is 10.3 Å². The summed E-state index contributed by atoms with van der Waals surface area (Å²) in [5.74, 6) is 1.52. The van der Waals surface area contributed by atoms with Crippen molar-refractivity contribution in [2.75, 3.05) is 5.32 Å². The van der Waals surface area contributed by atoms with Gasteiger partial charge in [-0.3, -0.25) is 9.59 Å². The van der Waals surface area contributed by atoms with Crippen molar-refractivity contribution in [2.24, 2.45) is 0 Å². The Labute approximate surface area is 184 Å². The topological polar surface area (TPSA) is 95.1 Å². The molecule has 2 aromatic carbocycles. The molecular formula is C24H23N3O5. The maximum absolute atomic E-state index is 12.7. The largest absolute Gasteiger partial charge is 0.487 e. The molecule has 0 aliphatic heterocycles. The standard InChI is InChI=1S/C24H23N3O5/c1-3-21(31-19-9-5-4-6-10-19)24(29)26-17-8-7-11-20(13-17)30-15-18-14-23(28)27-22(25-18)12-16(2)32-27/h4-14,21H,3,15H2,1-2H3,(H,26,29). The van der Waals surface area contributed by atoms with E-state index in [9.17, 15) is 9.59 Å². The van der Waals surface area contributed by atoms with Gasteiger partial charge in [-0.05, 0) is 37.6 Å². The maximum atomic E-state index is 12.7. The Morgan fingerprint density at radius 1 is 1.09 bits per heavy atom. The summed E-state index contributed by atoms with van der Waals surface area (Å²) in [6.45, 7) is 3.74. The van der Waals surface area contributed by atoms with E-state index in [0.717, 1.165) is 4.57 Å². The number of rotatable bonds is 8. The van der Waals surface area contributed by atoms with Crippen LogP contribution in [0.3, 0.4) is 0 Å². The first-order valence-electron chi connectivity index (χ1n) is 10.3. The average Bonchev–Trinajstić information content (AvgIpc) is 3.18. The van der Waals surface area contributed by atoms with Crippen LogP contribution in [-0.4, -0.2) is 21.6 Å². The minimum atomic E-state index is -0.621. The van der Waals surface area contributed by atoms with Gasteiger partial charge < -0.3 is 19.3 Å². The fraction of sp³-hybridized carbons (Fsp3) is 0.208. The Hall–Kier alpha value is -4.07. The number of nitrogens with one attached hydrogen (secondary N) is 1. The van der Waals surface area contributed by atoms with Crippen LogP contribution in [0, 0.1) is 6.92 Å². The number of ether oxygens (including phenoxy) is 2. The number of para-hydroxylation sites is 1. The van der Waals surface area contributed by atoms with Gasteiger partial charge in [-0.1, -0.05) is 31.2 Å². The third-order valence-corrected chi connectivity index (χ3v) is 4.70. The minimum absolute atomic E-state index is 0.0993. The first-order valence-corrected chi connectivity index (χ1v) is 10.3. The molecule has 4 rings (SSSR count). The van der Waals surface area contributed by atoms with Crippen LogP contribution in [-0.2, 0) is 11.4 Å². The number of aromatic nitrogens is 2. The predicted octanol–water partition coefficient (Wildman–Crippen LogP) is 3.97. The predicted molar refractivity (Wildman–Crippen MR) is 119 cm³/mol. The van der Waals surface area contributed by atoms with Crippen LogP contribution in [0.4, 0.5) is 5.69 Å². The van der Waals surface area contributed by atoms with E-state index >= 15 is 0 Å². The number of nitrogens with zero attached hydrogens (tertiary/aromatic N) is 2. The van der Waals surface area contributed by atoms with Gasteiger partial charge in [0.1, 0.15) is 23.9 Å². The molecule has 164 valence electrons. The molecule has 0 bridgehead atoms. The van der Waals surface area contributed by atoms with E-state index in [1.54, 1.807) is 37.3 Å². The summed E-state index contributed by atoms with van der Waals surface area (Å²) < 4.78 is 18.0. The molecule has 0 aliphatic carbocycles. The van der Waals surface area contributed by atoms with Crippen molar-refractivity contribution in [3.8, 4) is 11.5 Å². The highest BCUT2D eigenvalue weighted by Gasteiger charge is 2.18. The van der Waals surface area contributed by atoms with Crippen LogP contribution in [0.1, 0.15) is 24.8 Å². The molecule has 0 fully saturated rings. The van der Waals surface area contributed by atoms with Crippen LogP contribution < -0.4 is 20.3 Å². The lowest BCUT2D eigenvalue weighted by atomic mass is 10.2. The Kier molecular flexibility index (Phi) is 6.21. The molecule has 1 unspecified atom stereocenters. The Bertz CT molecular complexity index is 1280. The highest BCUT2D eigenvalue weighted by Crippen LogP contribution is 2.20. The number of hydrogen-bond donors (Lipinski definition) is 1. The molecule has 0 radical (unpaired) electrons. The molecule has 1 N–H and O–H groups in total. The summed E-state index contributed by atoms with van der Waals surface area (Å²) in [4.78, 5) is 29.2. The smallest absolute Gasteiger partial charge is 0.287 e. The monoisotopic (exact) mass is 433 g/mol. The molecule has 0 saturated carbocycles. The van der Waals surface area contributed by atoms with Crippen molar-refractivity contribution in [2.45, 2.75) is 33.0 Å². The maximum Gasteiger partial charge on any atom is 0.287 e. The molecule has 32 heavy (non-hydrogen) atoms. The lowest BCUT2D eigenvalue weighted by Crippen LogP contribution is -2.32. The van der Waals surface area contributed by atoms with Crippen molar-refractivity contribution in [1.29, 1.82) is 0 Å². The highest BCUT2D eigenvalue weighted by molar-refractivity contribution is 5.94. The van der Waals surface area contributed by atoms with Crippen molar-refractivity contribution in [1.82, 2.24) is 9.56 Å². The second-order valence-corrected chi connectivity index (χ2v) is 7.22. The fourth-order valence-corrected chi connectivity index (χ4v) is 3.18. The minimum Gasteiger partial charge on any atom is -0.487 e. The summed E-state index contributed by atoms with van der Waals surface area (Å²) in [7, 11) is 0. The molecule has 2 heterocycles. The van der Waals surface area contributed by atoms with E-state index in [1.165, 1.54) is 6.07 Å². The quantitative estimate of drug-likeness (QED) is 0.452. The molecule has 8 nitrogen and oxygen atoms in total. The highest BCUT2D eigenvalue weighted by atomic mass is 16.5. The van der Waals surface area contributed by atoms with Crippen LogP contribution >= 0.6 is 0 Å². The van der Waals surface area contributed by atoms with Crippen LogP contribution in [0.5, 0.6) is 11.5 Å². The molecule has 1 atom stereocenters. The number of aryl methyl sites for hydroxylation is 1. The number of amides is 1. The number of carbonyl (C=O) groups is 1. The number of hydrogen-bond acceptors (Lipinski definition) is 6. The normalized spacial score (nSPS) is 11.8. The van der Waals surface area contributed by atoms with E-state index in [0.29, 0.717) is 40.7 Å². The second-order valence-electron chi connectivity index (χ2n) is 7.22. The van der Waals surface area contributed by atoms with E-state index < -0.39 is 6.10 Å². The molecule has 0 aliphatic rings. The molecular weight excluding hydrogens is 410 g/mol. The number of carbonyl (C=O) groups excluding carboxylic acids is 1. The summed E-state index contributed by atoms with van der Waals surface area (Å²) in [5.41, 5.74) is 1.18. The van der Waals surface area contributed by atoms with E-state index in [4.69, 9.17) is 14.0 Å². The molecule has 1 amide bonds. The molecule has 4 aromatic rings. The van der Waals surface area contributed by atoms with Gasteiger partial charge in [0.15, 0.2) is 11.8 Å². The van der Waals surface area contributed by atoms with Gasteiger partial charge in [0.25, 0.3) is 11.5 Å². The van der Waals surface area contributed by atoms with Gasteiger partial charge >= 0.3 is 0 Å². The Morgan fingerprint density at radius 2 is 1.88 bits per heavy atom. The van der Waals surface area contributed by atoms with Gasteiger partial charge in [-0.2, -0.15) is 0 Å². The van der Waals surface area contributed by atoms with Crippen LogP contribution in [0.15, 0.2) is 76.0 Å². The summed E-state index contributed by atoms with van der Waals surface area (Å²) in [5, 5.41) is 2.86. The summed E-state index contributed by atoms with van der Waals surface area (Å²) in [6.07, 6.45) is -0.0991. The van der Waals surface area contributed by atoms with Gasteiger partial charge in [-0.25, -0.2) is 4.98 Å². The third kappa shape index (κ3) is 4.97. The second kappa shape index (κ2) is 9.38. The van der Waals surface area contributed by atoms with Gasteiger partial charge in [-0.15, -0.1) is 4.57 Å². The number of benzene rings is 2. The SMILES string of the molecule is CCC(Oc1ccccc1)C(=O)Nc1cccc(OCc2cc(=O)n3oc(C)cc3n2)c1. The average molecular weight is 433 g/mol. The van der Waals surface area contributed by atoms with Gasteiger partial charge in [0.05, 0.1) is 5.69 Å². The van der Waals surface area contributed by atoms with Gasteiger partial charge in [0, 0.05) is 23.9 Å². The van der Waals surface area contributed by atoms with Crippen LogP contribution in [0.25, 0.3) is 5.65 Å². The van der Waals surface area contributed by atoms with Crippen molar-refractivity contribution < 1.29 is 18.8 Å². The van der Waals surface area contributed by atoms with E-state index in [1.807, 2.05) is 37.3 Å². The Balaban J connectivity index is 1.41. The summed E-state index contributed by atoms with van der Waals surface area (Å²) in [6, 6.07) is 19.3. The fourth-order valence-electron chi connectivity index (χ4n) is 3.18. The van der Waals surface area contributed by atoms with Gasteiger partial charge in [0.2, 0.25) is 0 Å². The third-order valence-electron chi connectivity index (χ3n) is 4.70. The van der Waals surface area contributed by atoms with Crippen LogP contribution in [0.2, 0.25) is 0 Å². The molecule has 8 heteroatoms. The zero-order valence-electron chi connectivity index (χ0n) is 17.8. The number of fused-ring (bicyclic) bond motifs is 1. The molecule has 0 saturated heterocycles. The lowest BCUT2D eigenvalue weighted by Gasteiger charge is -2.17. The van der Waals surface area contributed by atoms with Crippen molar-refractivity contribution >= 4 is 17.2 Å². The van der Waals surface area contributed by atoms with Crippen molar-refractivity contribution in [3.63, 3.8) is 0 Å². The zero-order chi connectivity index (χ0) is 22.5.